The topological polar surface area (TPSA) is 91.4 Å². The molecule has 0 spiro atoms. The summed E-state index contributed by atoms with van der Waals surface area (Å²) < 4.78 is 11.5. The first kappa shape index (κ1) is 27.7. The van der Waals surface area contributed by atoms with E-state index in [0.717, 1.165) is 24.8 Å². The van der Waals surface area contributed by atoms with Gasteiger partial charge < -0.3 is 19.7 Å². The van der Waals surface area contributed by atoms with Crippen molar-refractivity contribution in [1.29, 1.82) is 0 Å². The van der Waals surface area contributed by atoms with Gasteiger partial charge in [-0.2, -0.15) is 0 Å². The molecule has 9 nitrogen and oxygen atoms in total. The zero-order valence-corrected chi connectivity index (χ0v) is 23.5. The van der Waals surface area contributed by atoms with Crippen LogP contribution in [-0.2, 0) is 14.3 Å². The summed E-state index contributed by atoms with van der Waals surface area (Å²) in [5.74, 6) is 1.26. The van der Waals surface area contributed by atoms with Crippen LogP contribution in [0.5, 0.6) is 11.5 Å². The molecule has 3 amide bonds. The van der Waals surface area contributed by atoms with E-state index in [0.29, 0.717) is 48.9 Å². The highest BCUT2D eigenvalue weighted by molar-refractivity contribution is 5.95. The number of ether oxygens (including phenoxy) is 2. The molecular formula is C31H38N4O5. The molecule has 0 unspecified atom stereocenters. The molecule has 9 heteroatoms. The SMILES string of the molecule is CCOC(=O)C1=C(CN2CCN(C(=O)C3CCC3)[C@@H](C)C2)N(C)C(=O)N[C@H]1c1cccc(Oc2ccccc2)c1. The van der Waals surface area contributed by atoms with Gasteiger partial charge in [0.05, 0.1) is 18.2 Å². The molecule has 40 heavy (non-hydrogen) atoms. The molecule has 1 saturated heterocycles. The molecule has 3 aliphatic rings. The predicted molar refractivity (Wildman–Crippen MR) is 151 cm³/mol. The van der Waals surface area contributed by atoms with Gasteiger partial charge in [0.15, 0.2) is 0 Å². The Morgan fingerprint density at radius 2 is 1.77 bits per heavy atom. The Morgan fingerprint density at radius 1 is 1.02 bits per heavy atom. The highest BCUT2D eigenvalue weighted by Crippen LogP contribution is 2.34. The summed E-state index contributed by atoms with van der Waals surface area (Å²) in [6.45, 7) is 6.42. The molecule has 2 atom stereocenters. The van der Waals surface area contributed by atoms with E-state index in [1.165, 1.54) is 4.90 Å². The minimum Gasteiger partial charge on any atom is -0.463 e. The lowest BCUT2D eigenvalue weighted by Gasteiger charge is -2.44. The quantitative estimate of drug-likeness (QED) is 0.496. The zero-order valence-electron chi connectivity index (χ0n) is 23.5. The smallest absolute Gasteiger partial charge is 0.338 e. The zero-order chi connectivity index (χ0) is 28.2. The van der Waals surface area contributed by atoms with Gasteiger partial charge in [0.1, 0.15) is 11.5 Å². The van der Waals surface area contributed by atoms with Crippen molar-refractivity contribution in [1.82, 2.24) is 20.0 Å². The first-order chi connectivity index (χ1) is 19.4. The maximum Gasteiger partial charge on any atom is 0.338 e. The molecule has 2 aliphatic heterocycles. The number of nitrogens with one attached hydrogen (secondary N) is 1. The summed E-state index contributed by atoms with van der Waals surface area (Å²) in [5, 5.41) is 2.99. The number of para-hydroxylation sites is 1. The highest BCUT2D eigenvalue weighted by atomic mass is 16.5. The third kappa shape index (κ3) is 5.84. The molecule has 5 rings (SSSR count). The Hall–Kier alpha value is -3.85. The highest BCUT2D eigenvalue weighted by Gasteiger charge is 2.39. The fourth-order valence-electron chi connectivity index (χ4n) is 5.64. The predicted octanol–water partition coefficient (Wildman–Crippen LogP) is 4.33. The molecule has 2 fully saturated rings. The number of nitrogens with zero attached hydrogens (tertiary/aromatic N) is 3. The number of piperazine rings is 1. The van der Waals surface area contributed by atoms with E-state index < -0.39 is 12.0 Å². The van der Waals surface area contributed by atoms with Crippen molar-refractivity contribution in [3.63, 3.8) is 0 Å². The van der Waals surface area contributed by atoms with Crippen molar-refractivity contribution in [2.24, 2.45) is 5.92 Å². The molecule has 2 aromatic carbocycles. The number of benzene rings is 2. The van der Waals surface area contributed by atoms with Crippen LogP contribution in [-0.4, -0.2) is 78.5 Å². The van der Waals surface area contributed by atoms with E-state index in [-0.39, 0.29) is 30.5 Å². The van der Waals surface area contributed by atoms with Gasteiger partial charge in [-0.05, 0) is 56.5 Å². The van der Waals surface area contributed by atoms with Crippen molar-refractivity contribution in [2.75, 3.05) is 39.8 Å². The molecule has 0 bridgehead atoms. The van der Waals surface area contributed by atoms with Crippen molar-refractivity contribution in [2.45, 2.75) is 45.2 Å². The van der Waals surface area contributed by atoms with Gasteiger partial charge in [0, 0.05) is 50.9 Å². The molecular weight excluding hydrogens is 508 g/mol. The van der Waals surface area contributed by atoms with E-state index in [1.54, 1.807) is 14.0 Å². The third-order valence-electron chi connectivity index (χ3n) is 8.07. The van der Waals surface area contributed by atoms with Crippen LogP contribution in [0, 0.1) is 5.92 Å². The number of amides is 3. The van der Waals surface area contributed by atoms with Gasteiger partial charge in [-0.15, -0.1) is 0 Å². The Bertz CT molecular complexity index is 1280. The summed E-state index contributed by atoms with van der Waals surface area (Å²) in [7, 11) is 1.68. The molecule has 212 valence electrons. The normalized spacial score (nSPS) is 22.0. The fraction of sp³-hybridized carbons (Fsp3) is 0.452. The molecule has 1 saturated carbocycles. The lowest BCUT2D eigenvalue weighted by molar-refractivity contribution is -0.142. The number of carbonyl (C=O) groups excluding carboxylic acids is 3. The van der Waals surface area contributed by atoms with Crippen LogP contribution in [0.15, 0.2) is 65.9 Å². The first-order valence-corrected chi connectivity index (χ1v) is 14.2. The number of esters is 1. The molecule has 0 aromatic heterocycles. The second-order valence-corrected chi connectivity index (χ2v) is 10.8. The number of hydrogen-bond acceptors (Lipinski definition) is 6. The number of likely N-dealkylation sites (N-methyl/N-ethyl adjacent to an activating group) is 1. The van der Waals surface area contributed by atoms with Crippen LogP contribution >= 0.6 is 0 Å². The van der Waals surface area contributed by atoms with Crippen LogP contribution in [0.1, 0.15) is 44.7 Å². The molecule has 1 aliphatic carbocycles. The van der Waals surface area contributed by atoms with Gasteiger partial charge in [0.25, 0.3) is 0 Å². The van der Waals surface area contributed by atoms with Gasteiger partial charge in [-0.1, -0.05) is 36.8 Å². The first-order valence-electron chi connectivity index (χ1n) is 14.2. The Labute approximate surface area is 235 Å². The minimum absolute atomic E-state index is 0.0545. The Balaban J connectivity index is 1.42. The van der Waals surface area contributed by atoms with Crippen LogP contribution in [0.25, 0.3) is 0 Å². The van der Waals surface area contributed by atoms with E-state index in [9.17, 15) is 14.4 Å². The van der Waals surface area contributed by atoms with Crippen molar-refractivity contribution >= 4 is 17.9 Å². The van der Waals surface area contributed by atoms with E-state index in [4.69, 9.17) is 9.47 Å². The maximum atomic E-state index is 13.4. The summed E-state index contributed by atoms with van der Waals surface area (Å²) in [4.78, 5) is 45.2. The fourth-order valence-corrected chi connectivity index (χ4v) is 5.64. The number of urea groups is 1. The standard InChI is InChI=1S/C31H38N4O5/c1-4-39-30(37)27-26(20-34-16-17-35(21(2)19-34)29(36)22-10-8-11-22)33(3)31(38)32-28(27)23-12-9-15-25(18-23)40-24-13-6-5-7-14-24/h5-7,9,12-15,18,21-22,28H,4,8,10-11,16-17,19-20H2,1-3H3,(H,32,38)/t21-,28-/m0/s1. The van der Waals surface area contributed by atoms with E-state index in [2.05, 4.69) is 17.1 Å². The summed E-state index contributed by atoms with van der Waals surface area (Å²) in [5.41, 5.74) is 1.73. The van der Waals surface area contributed by atoms with Gasteiger partial charge >= 0.3 is 12.0 Å². The van der Waals surface area contributed by atoms with Gasteiger partial charge in [-0.3, -0.25) is 14.6 Å². The van der Waals surface area contributed by atoms with Crippen LogP contribution < -0.4 is 10.1 Å². The summed E-state index contributed by atoms with van der Waals surface area (Å²) >= 11 is 0. The second-order valence-electron chi connectivity index (χ2n) is 10.8. The minimum atomic E-state index is -0.698. The number of hydrogen-bond donors (Lipinski definition) is 1. The monoisotopic (exact) mass is 546 g/mol. The van der Waals surface area contributed by atoms with Crippen molar-refractivity contribution in [3.8, 4) is 11.5 Å². The Morgan fingerprint density at radius 3 is 2.45 bits per heavy atom. The van der Waals surface area contributed by atoms with Crippen LogP contribution in [0.3, 0.4) is 0 Å². The summed E-state index contributed by atoms with van der Waals surface area (Å²) in [6, 6.07) is 15.9. The van der Waals surface area contributed by atoms with Crippen molar-refractivity contribution in [3.05, 3.63) is 71.4 Å². The average Bonchev–Trinajstić information content (AvgIpc) is 2.91. The molecule has 1 N–H and O–H groups in total. The average molecular weight is 547 g/mol. The summed E-state index contributed by atoms with van der Waals surface area (Å²) in [6.07, 6.45) is 3.10. The lowest BCUT2D eigenvalue weighted by Crippen LogP contribution is -2.57. The number of carbonyl (C=O) groups is 3. The van der Waals surface area contributed by atoms with E-state index >= 15 is 0 Å². The van der Waals surface area contributed by atoms with Gasteiger partial charge in [0.2, 0.25) is 5.91 Å². The Kier molecular flexibility index (Phi) is 8.40. The van der Waals surface area contributed by atoms with Crippen molar-refractivity contribution < 1.29 is 23.9 Å². The van der Waals surface area contributed by atoms with E-state index in [1.807, 2.05) is 59.5 Å². The van der Waals surface area contributed by atoms with Gasteiger partial charge in [-0.25, -0.2) is 9.59 Å². The van der Waals surface area contributed by atoms with Crippen LogP contribution in [0.4, 0.5) is 4.79 Å². The molecule has 0 radical (unpaired) electrons. The lowest BCUT2D eigenvalue weighted by atomic mass is 9.84. The molecule has 2 aromatic rings. The maximum absolute atomic E-state index is 13.4. The second kappa shape index (κ2) is 12.1. The largest absolute Gasteiger partial charge is 0.463 e. The van der Waals surface area contributed by atoms with Crippen LogP contribution in [0.2, 0.25) is 0 Å². The molecule has 2 heterocycles. The third-order valence-corrected chi connectivity index (χ3v) is 8.07. The number of rotatable bonds is 8.